The molecule has 0 aromatic carbocycles. The molecule has 0 heterocycles. The fourth-order valence-electron chi connectivity index (χ4n) is 5.51. The summed E-state index contributed by atoms with van der Waals surface area (Å²) in [5.74, 6) is -0.225. The van der Waals surface area contributed by atoms with Crippen LogP contribution in [0.5, 0.6) is 0 Å². The molecule has 0 rings (SSSR count). The number of ether oxygens (including phenoxy) is 2. The molecule has 0 fully saturated rings. The SMILES string of the molecule is CC.CCCCCCCCCCCCCCCOC(=O)CC[NH+](C)CCC(=O)OCCCCCCCCCCCCCCC. The molecule has 0 radical (unpaired) electrons. The van der Waals surface area contributed by atoms with Crippen LogP contribution in [0, 0.1) is 0 Å². The molecule has 44 heavy (non-hydrogen) atoms. The zero-order chi connectivity index (χ0) is 32.8. The van der Waals surface area contributed by atoms with Crippen LogP contribution < -0.4 is 4.90 Å². The Kier molecular flexibility index (Phi) is 40.9. The average molecular weight is 627 g/mol. The van der Waals surface area contributed by atoms with Crippen molar-refractivity contribution in [1.82, 2.24) is 0 Å². The number of nitrogens with one attached hydrogen (secondary N) is 1. The summed E-state index contributed by atoms with van der Waals surface area (Å²) in [6, 6.07) is 0. The van der Waals surface area contributed by atoms with Crippen molar-refractivity contribution in [3.63, 3.8) is 0 Å². The van der Waals surface area contributed by atoms with Crippen LogP contribution >= 0.6 is 0 Å². The molecule has 0 atom stereocenters. The molecule has 0 aliphatic rings. The molecule has 264 valence electrons. The van der Waals surface area contributed by atoms with Crippen LogP contribution in [0.15, 0.2) is 0 Å². The molecule has 1 N–H and O–H groups in total. The van der Waals surface area contributed by atoms with Crippen LogP contribution in [0.25, 0.3) is 0 Å². The van der Waals surface area contributed by atoms with Gasteiger partial charge in [0.15, 0.2) is 0 Å². The Balaban J connectivity index is 0. The summed E-state index contributed by atoms with van der Waals surface area (Å²) in [5, 5.41) is 0. The van der Waals surface area contributed by atoms with Crippen LogP contribution in [0.1, 0.15) is 207 Å². The summed E-state index contributed by atoms with van der Waals surface area (Å²) in [4.78, 5) is 25.2. The first-order valence-electron chi connectivity index (χ1n) is 19.7. The highest BCUT2D eigenvalue weighted by molar-refractivity contribution is 5.69. The van der Waals surface area contributed by atoms with E-state index in [4.69, 9.17) is 9.47 Å². The van der Waals surface area contributed by atoms with E-state index in [1.165, 1.54) is 146 Å². The fourth-order valence-corrected chi connectivity index (χ4v) is 5.51. The van der Waals surface area contributed by atoms with Gasteiger partial charge in [-0.3, -0.25) is 9.59 Å². The average Bonchev–Trinajstić information content (AvgIpc) is 3.04. The number of carbonyl (C=O) groups excluding carboxylic acids is 2. The number of carbonyl (C=O) groups is 2. The Bertz CT molecular complexity index is 520. The van der Waals surface area contributed by atoms with Gasteiger partial charge >= 0.3 is 11.9 Å². The molecule has 0 unspecified atom stereocenters. The van der Waals surface area contributed by atoms with Crippen LogP contribution in [0.4, 0.5) is 0 Å². The van der Waals surface area contributed by atoms with E-state index in [9.17, 15) is 9.59 Å². The van der Waals surface area contributed by atoms with Gasteiger partial charge in [-0.15, -0.1) is 0 Å². The Morgan fingerprint density at radius 1 is 0.409 bits per heavy atom. The van der Waals surface area contributed by atoms with E-state index in [2.05, 4.69) is 13.8 Å². The smallest absolute Gasteiger partial charge is 0.311 e. The van der Waals surface area contributed by atoms with E-state index in [1.54, 1.807) is 0 Å². The standard InChI is InChI=1S/C37H73NO4.C2H6/c1-4-6-8-10-12-14-16-18-20-22-24-26-28-34-41-36(39)30-32-38(3)33-31-37(40)42-35-29-27-25-23-21-19-17-15-13-11-9-7-5-2;1-2/h4-35H2,1-3H3;1-2H3/p+1. The highest BCUT2D eigenvalue weighted by Crippen LogP contribution is 2.13. The lowest BCUT2D eigenvalue weighted by Gasteiger charge is -2.13. The summed E-state index contributed by atoms with van der Waals surface area (Å²) in [5.41, 5.74) is 0. The molecular formula is C39H80NO4+. The minimum atomic E-state index is -0.113. The van der Waals surface area contributed by atoms with Gasteiger partial charge in [0, 0.05) is 0 Å². The van der Waals surface area contributed by atoms with Crippen LogP contribution in [-0.2, 0) is 19.1 Å². The molecule has 0 spiro atoms. The molecule has 0 saturated carbocycles. The van der Waals surface area contributed by atoms with Gasteiger partial charge in [-0.1, -0.05) is 182 Å². The second-order valence-electron chi connectivity index (χ2n) is 12.9. The van der Waals surface area contributed by atoms with Crippen molar-refractivity contribution in [3.05, 3.63) is 0 Å². The van der Waals surface area contributed by atoms with Crippen LogP contribution in [-0.4, -0.2) is 45.3 Å². The number of esters is 2. The molecule has 5 nitrogen and oxygen atoms in total. The molecule has 0 amide bonds. The van der Waals surface area contributed by atoms with Gasteiger partial charge < -0.3 is 14.4 Å². The monoisotopic (exact) mass is 627 g/mol. The zero-order valence-corrected chi connectivity index (χ0v) is 30.8. The molecule has 0 aromatic rings. The van der Waals surface area contributed by atoms with Crippen LogP contribution in [0.2, 0.25) is 0 Å². The quantitative estimate of drug-likeness (QED) is 0.0570. The van der Waals surface area contributed by atoms with E-state index in [0.717, 1.165) is 25.7 Å². The maximum Gasteiger partial charge on any atom is 0.311 e. The second-order valence-corrected chi connectivity index (χ2v) is 12.9. The molecule has 5 heteroatoms. The topological polar surface area (TPSA) is 57.0 Å². The third-order valence-corrected chi connectivity index (χ3v) is 8.53. The molecule has 0 saturated heterocycles. The lowest BCUT2D eigenvalue weighted by atomic mass is 10.0. The minimum absolute atomic E-state index is 0.113. The van der Waals surface area contributed by atoms with Crippen molar-refractivity contribution < 1.29 is 24.0 Å². The van der Waals surface area contributed by atoms with Gasteiger partial charge in [-0.25, -0.2) is 0 Å². The number of unbranched alkanes of at least 4 members (excludes halogenated alkanes) is 24. The Hall–Kier alpha value is -1.10. The normalized spacial score (nSPS) is 11.0. The number of hydrogen-bond acceptors (Lipinski definition) is 4. The Labute approximate surface area is 276 Å². The lowest BCUT2D eigenvalue weighted by molar-refractivity contribution is -0.878. The molecular weight excluding hydrogens is 546 g/mol. The van der Waals surface area contributed by atoms with Crippen molar-refractivity contribution in [2.45, 2.75) is 207 Å². The van der Waals surface area contributed by atoms with E-state index in [-0.39, 0.29) is 11.9 Å². The van der Waals surface area contributed by atoms with Gasteiger partial charge in [0.1, 0.15) is 0 Å². The van der Waals surface area contributed by atoms with Crippen molar-refractivity contribution in [2.24, 2.45) is 0 Å². The second kappa shape index (κ2) is 39.9. The van der Waals surface area contributed by atoms with Crippen molar-refractivity contribution in [1.29, 1.82) is 0 Å². The van der Waals surface area contributed by atoms with E-state index >= 15 is 0 Å². The van der Waals surface area contributed by atoms with E-state index < -0.39 is 0 Å². The predicted molar refractivity (Wildman–Crippen MR) is 191 cm³/mol. The van der Waals surface area contributed by atoms with E-state index in [0.29, 0.717) is 39.1 Å². The Morgan fingerprint density at radius 2 is 0.636 bits per heavy atom. The van der Waals surface area contributed by atoms with Gasteiger partial charge in [-0.05, 0) is 12.8 Å². The van der Waals surface area contributed by atoms with E-state index in [1.807, 2.05) is 20.9 Å². The van der Waals surface area contributed by atoms with Gasteiger partial charge in [0.2, 0.25) is 0 Å². The van der Waals surface area contributed by atoms with Crippen molar-refractivity contribution in [2.75, 3.05) is 33.4 Å². The molecule has 0 aliphatic heterocycles. The van der Waals surface area contributed by atoms with Crippen molar-refractivity contribution >= 4 is 11.9 Å². The highest BCUT2D eigenvalue weighted by Gasteiger charge is 2.11. The third kappa shape index (κ3) is 38.9. The number of quaternary nitrogens is 1. The Morgan fingerprint density at radius 3 is 0.886 bits per heavy atom. The summed E-state index contributed by atoms with van der Waals surface area (Å²) >= 11 is 0. The lowest BCUT2D eigenvalue weighted by Crippen LogP contribution is -3.09. The van der Waals surface area contributed by atoms with Gasteiger partial charge in [0.05, 0.1) is 46.2 Å². The first-order valence-corrected chi connectivity index (χ1v) is 19.7. The number of hydrogen-bond donors (Lipinski definition) is 1. The maximum atomic E-state index is 12.0. The summed E-state index contributed by atoms with van der Waals surface area (Å²) in [7, 11) is 2.03. The summed E-state index contributed by atoms with van der Waals surface area (Å²) in [6.45, 7) is 11.0. The molecule has 0 aromatic heterocycles. The van der Waals surface area contributed by atoms with Crippen LogP contribution in [0.3, 0.4) is 0 Å². The first kappa shape index (κ1) is 45.0. The fraction of sp³-hybridized carbons (Fsp3) is 0.949. The largest absolute Gasteiger partial charge is 0.466 e. The van der Waals surface area contributed by atoms with Gasteiger partial charge in [-0.2, -0.15) is 0 Å². The highest BCUT2D eigenvalue weighted by atomic mass is 16.5. The summed E-state index contributed by atoms with van der Waals surface area (Å²) in [6.07, 6.45) is 35.1. The molecule has 0 bridgehead atoms. The minimum Gasteiger partial charge on any atom is -0.466 e. The van der Waals surface area contributed by atoms with Gasteiger partial charge in [0.25, 0.3) is 0 Å². The zero-order valence-electron chi connectivity index (χ0n) is 30.8. The molecule has 0 aliphatic carbocycles. The number of rotatable bonds is 34. The van der Waals surface area contributed by atoms with Crippen molar-refractivity contribution in [3.8, 4) is 0 Å². The summed E-state index contributed by atoms with van der Waals surface area (Å²) < 4.78 is 10.8. The maximum absolute atomic E-state index is 12.0. The third-order valence-electron chi connectivity index (χ3n) is 8.53. The first-order chi connectivity index (χ1) is 21.6. The predicted octanol–water partition coefficient (Wildman–Crippen LogP) is 10.6.